The molecule has 0 bridgehead atoms. The molecule has 0 N–H and O–H groups in total. The molecule has 0 unspecified atom stereocenters. The second kappa shape index (κ2) is 35.6. The number of benzene rings is 15. The van der Waals surface area contributed by atoms with Crippen molar-refractivity contribution in [2.24, 2.45) is 0 Å². The van der Waals surface area contributed by atoms with E-state index in [0.717, 1.165) is 118 Å². The van der Waals surface area contributed by atoms with Gasteiger partial charge in [0, 0.05) is 44.2 Å². The summed E-state index contributed by atoms with van der Waals surface area (Å²) < 4.78 is 29.2. The van der Waals surface area contributed by atoms with Gasteiger partial charge < -0.3 is 22.1 Å². The molecule has 0 saturated heterocycles. The molecular weight excluding hydrogens is 1690 g/mol. The molecule has 0 saturated carbocycles. The van der Waals surface area contributed by atoms with E-state index >= 15 is 0 Å². The highest BCUT2D eigenvalue weighted by Crippen LogP contribution is 2.49. The smallest absolute Gasteiger partial charge is 0.142 e. The Balaban J connectivity index is 0.0000000963. The third-order valence-corrected chi connectivity index (χ3v) is 30.1. The van der Waals surface area contributed by atoms with Crippen molar-refractivity contribution < 1.29 is 22.1 Å². The van der Waals surface area contributed by atoms with Gasteiger partial charge in [0.05, 0.1) is 34.9 Å². The number of aryl methyl sites for hydroxylation is 16. The van der Waals surface area contributed by atoms with Gasteiger partial charge in [-0.3, -0.25) is 0 Å². The SMILES string of the molecule is Cc1ccc2c(c1)Cc1cc(-c3cc(C)oc3C)ccc1-2.Cc1ccc2c(c1)Cc1cc(-c3cc4cc(C)c(C)cc4o3)ccc1-2.Cc1ccc2c(c1)Cc1cc(-c3cccc4c(C)c(C)oc34)ccc1-2.Cc1ccc2c(c1)Cc1cc(-c3cccc4nc(C)c(C)nc34)ccc1-2.Cc1ccc2c(c1)Cc1cc(-c3coc(C)c3C)ccc1-2.Cc1ccc2c(c1)Cc1cc(-c3occ(C)c3C)ccc1-2. The molecule has 139 heavy (non-hydrogen) atoms. The molecule has 0 amide bonds. The van der Waals surface area contributed by atoms with E-state index in [2.05, 4.69) is 356 Å². The number of fused-ring (bicyclic) bond motifs is 21. The summed E-state index contributed by atoms with van der Waals surface area (Å²) >= 11 is 0. The van der Waals surface area contributed by atoms with Crippen LogP contribution in [0.5, 0.6) is 0 Å². The topological polar surface area (TPSA) is 91.5 Å². The van der Waals surface area contributed by atoms with Crippen LogP contribution in [0, 0.1) is 125 Å². The maximum absolute atomic E-state index is 6.15. The lowest BCUT2D eigenvalue weighted by molar-refractivity contribution is 0.505. The lowest BCUT2D eigenvalue weighted by Crippen LogP contribution is -1.95. The molecule has 0 spiro atoms. The number of aromatic nitrogens is 2. The first-order valence-corrected chi connectivity index (χ1v) is 49.0. The highest BCUT2D eigenvalue weighted by atomic mass is 16.3. The van der Waals surface area contributed by atoms with Crippen LogP contribution in [0.1, 0.15) is 168 Å². The van der Waals surface area contributed by atoms with Crippen LogP contribution in [0.3, 0.4) is 0 Å². The Kier molecular flexibility index (Phi) is 22.7. The molecule has 7 heteroatoms. The Bertz CT molecular complexity index is 8280. The minimum absolute atomic E-state index is 0.954. The van der Waals surface area contributed by atoms with Crippen LogP contribution < -0.4 is 0 Å². The van der Waals surface area contributed by atoms with E-state index in [9.17, 15) is 0 Å². The van der Waals surface area contributed by atoms with Crippen LogP contribution in [0.25, 0.3) is 167 Å². The first-order valence-electron chi connectivity index (χ1n) is 49.0. The molecule has 21 aromatic rings. The predicted molar refractivity (Wildman–Crippen MR) is 575 cm³/mol. The van der Waals surface area contributed by atoms with Gasteiger partial charge in [0.25, 0.3) is 0 Å². The van der Waals surface area contributed by atoms with Gasteiger partial charge in [0.15, 0.2) is 0 Å². The van der Waals surface area contributed by atoms with E-state index < -0.39 is 0 Å². The second-order valence-corrected chi connectivity index (χ2v) is 39.9. The standard InChI is InChI=1S/C24H20N2.2C24H20O.3C20H18O/c1-14-7-9-20-18(11-14)13-19-12-17(8-10-21(19)20)22-5-4-6-23-24(22)26-16(3)15(2)25-23;1-14-4-6-21-18(8-14)12-19-11-17(5-7-22(19)21)24-13-20-9-15(2)16(3)10-23(20)25-24;1-14-7-9-21-18(11-14)13-19-12-17(8-10-22(19)21)23-6-4-5-20-15(2)16(3)25-24(20)23;1-12-4-6-18-16(8-12)10-17-9-15(5-7-19(17)18)20-11-21-14(3)13(20)2;1-12-4-6-18-16(8-12)10-17-9-15(5-7-19(17)18)20-14(3)13(2)11-21-20;1-12-4-6-18-16(8-12)11-17-10-15(5-7-19(17)18)20-9-13(2)21-14(20)3/h4-12H,13H2,1-3H3;4-11,13H,12H2,1-3H3;4-12H,13H2,1-3H3;2*4-9,11H,10H2,1-3H3;4-10H,11H2,1-3H3. The van der Waals surface area contributed by atoms with E-state index in [1.54, 1.807) is 0 Å². The van der Waals surface area contributed by atoms with Gasteiger partial charge in [-0.25, -0.2) is 9.97 Å². The minimum atomic E-state index is 0.954. The highest BCUT2D eigenvalue weighted by Gasteiger charge is 2.29. The number of hydrogen-bond acceptors (Lipinski definition) is 7. The summed E-state index contributed by atoms with van der Waals surface area (Å²) in [6.07, 6.45) is 9.86. The van der Waals surface area contributed by atoms with Gasteiger partial charge in [-0.05, 0) is 395 Å². The first kappa shape index (κ1) is 88.8. The fraction of sp³-hybridized carbons (Fsp3) is 0.182. The molecule has 682 valence electrons. The molecule has 0 atom stereocenters. The van der Waals surface area contributed by atoms with Gasteiger partial charge in [-0.15, -0.1) is 0 Å². The summed E-state index contributed by atoms with van der Waals surface area (Å²) in [5, 5.41) is 2.40. The molecule has 6 heterocycles. The Morgan fingerprint density at radius 2 is 0.597 bits per heavy atom. The largest absolute Gasteiger partial charge is 0.469 e. The minimum Gasteiger partial charge on any atom is -0.469 e. The number of furan rings is 5. The molecule has 0 radical (unpaired) electrons. The van der Waals surface area contributed by atoms with Crippen LogP contribution in [-0.2, 0) is 38.5 Å². The molecule has 27 rings (SSSR count). The lowest BCUT2D eigenvalue weighted by atomic mass is 9.97. The van der Waals surface area contributed by atoms with Crippen LogP contribution in [0.2, 0.25) is 0 Å². The fourth-order valence-corrected chi connectivity index (χ4v) is 22.0. The summed E-state index contributed by atoms with van der Waals surface area (Å²) in [5.74, 6) is 5.94. The van der Waals surface area contributed by atoms with Crippen LogP contribution >= 0.6 is 0 Å². The summed E-state index contributed by atoms with van der Waals surface area (Å²) in [4.78, 5) is 9.55. The van der Waals surface area contributed by atoms with Crippen molar-refractivity contribution in [3.05, 3.63) is 460 Å². The van der Waals surface area contributed by atoms with Gasteiger partial charge in [0.2, 0.25) is 0 Å². The maximum atomic E-state index is 6.15. The van der Waals surface area contributed by atoms with Crippen molar-refractivity contribution in [2.75, 3.05) is 0 Å². The Hall–Kier alpha value is -15.4. The van der Waals surface area contributed by atoms with Crippen molar-refractivity contribution in [3.63, 3.8) is 0 Å². The zero-order chi connectivity index (χ0) is 95.8. The maximum Gasteiger partial charge on any atom is 0.142 e. The van der Waals surface area contributed by atoms with Crippen LogP contribution in [0.15, 0.2) is 314 Å². The summed E-state index contributed by atoms with van der Waals surface area (Å²) in [6.45, 7) is 37.9. The van der Waals surface area contributed by atoms with Crippen molar-refractivity contribution in [3.8, 4) is 134 Å². The van der Waals surface area contributed by atoms with Crippen LogP contribution in [-0.4, -0.2) is 9.97 Å². The molecule has 6 aliphatic carbocycles. The van der Waals surface area contributed by atoms with Gasteiger partial charge in [0.1, 0.15) is 45.7 Å². The van der Waals surface area contributed by atoms with E-state index in [1.165, 1.54) is 256 Å². The third kappa shape index (κ3) is 16.7. The molecule has 7 nitrogen and oxygen atoms in total. The van der Waals surface area contributed by atoms with E-state index in [1.807, 2.05) is 60.1 Å². The van der Waals surface area contributed by atoms with Crippen molar-refractivity contribution in [2.45, 2.75) is 163 Å². The van der Waals surface area contributed by atoms with Crippen molar-refractivity contribution >= 4 is 33.0 Å². The first-order chi connectivity index (χ1) is 67.2. The normalized spacial score (nSPS) is 12.4. The molecule has 15 aromatic carbocycles. The molecule has 0 fully saturated rings. The van der Waals surface area contributed by atoms with Gasteiger partial charge in [-0.2, -0.15) is 0 Å². The second-order valence-electron chi connectivity index (χ2n) is 39.9. The van der Waals surface area contributed by atoms with E-state index in [-0.39, 0.29) is 0 Å². The average molecular weight is 1810 g/mol. The highest BCUT2D eigenvalue weighted by molar-refractivity contribution is 5.98. The zero-order valence-corrected chi connectivity index (χ0v) is 82.9. The number of hydrogen-bond donors (Lipinski definition) is 0. The number of para-hydroxylation sites is 2. The molecule has 6 aliphatic rings. The quantitative estimate of drug-likeness (QED) is 0.164. The van der Waals surface area contributed by atoms with Crippen LogP contribution in [0.4, 0.5) is 0 Å². The van der Waals surface area contributed by atoms with E-state index in [4.69, 9.17) is 32.1 Å². The van der Waals surface area contributed by atoms with Gasteiger partial charge >= 0.3 is 0 Å². The Morgan fingerprint density at radius 1 is 0.230 bits per heavy atom. The average Bonchev–Trinajstić information content (AvgIpc) is 1.71. The predicted octanol–water partition coefficient (Wildman–Crippen LogP) is 35.3. The fourth-order valence-electron chi connectivity index (χ4n) is 22.0. The number of nitrogens with zero attached hydrogens (tertiary/aromatic N) is 2. The summed E-state index contributed by atoms with van der Waals surface area (Å²) in [7, 11) is 0. The van der Waals surface area contributed by atoms with Crippen molar-refractivity contribution in [1.82, 2.24) is 9.97 Å². The summed E-state index contributed by atoms with van der Waals surface area (Å²) in [5.41, 5.74) is 67.1. The lowest BCUT2D eigenvalue weighted by Gasteiger charge is -2.10. The monoisotopic (exact) mass is 1810 g/mol. The van der Waals surface area contributed by atoms with Crippen molar-refractivity contribution in [1.29, 1.82) is 0 Å². The summed E-state index contributed by atoms with van der Waals surface area (Å²) in [6, 6.07) is 103. The van der Waals surface area contributed by atoms with E-state index in [0.29, 0.717) is 0 Å². The Morgan fingerprint density at radius 3 is 1.01 bits per heavy atom. The molecule has 0 aliphatic heterocycles. The zero-order valence-electron chi connectivity index (χ0n) is 82.9. The number of rotatable bonds is 6. The third-order valence-electron chi connectivity index (χ3n) is 30.1. The molecular formula is C132H114N2O5. The van der Waals surface area contributed by atoms with Gasteiger partial charge in [-0.1, -0.05) is 270 Å². The molecule has 6 aromatic heterocycles. The Labute approximate surface area is 816 Å².